The molecule has 2 fully saturated rings. The van der Waals surface area contributed by atoms with E-state index in [1.807, 2.05) is 15.9 Å². The number of benzene rings is 1. The van der Waals surface area contributed by atoms with Gasteiger partial charge in [-0.1, -0.05) is 18.9 Å². The number of nitriles is 1. The van der Waals surface area contributed by atoms with Crippen molar-refractivity contribution in [2.45, 2.75) is 25.7 Å². The molecule has 1 aromatic carbocycles. The quantitative estimate of drug-likeness (QED) is 0.862. The first-order valence-electron chi connectivity index (χ1n) is 7.90. The fourth-order valence-corrected chi connectivity index (χ4v) is 3.50. The van der Waals surface area contributed by atoms with Crippen molar-refractivity contribution in [3.8, 4) is 6.07 Å². The molecule has 0 aromatic heterocycles. The molecular formula is C17H20FN3O. The Labute approximate surface area is 130 Å². The number of carbonyl (C=O) groups excluding carboxylic acids is 1. The fourth-order valence-electron chi connectivity index (χ4n) is 3.50. The van der Waals surface area contributed by atoms with Crippen LogP contribution in [-0.2, 0) is 4.79 Å². The molecule has 4 nitrogen and oxygen atoms in total. The van der Waals surface area contributed by atoms with Crippen molar-refractivity contribution in [3.63, 3.8) is 0 Å². The van der Waals surface area contributed by atoms with Gasteiger partial charge in [-0.15, -0.1) is 0 Å². The van der Waals surface area contributed by atoms with Gasteiger partial charge in [0.25, 0.3) is 0 Å². The van der Waals surface area contributed by atoms with Gasteiger partial charge in [0.2, 0.25) is 5.91 Å². The van der Waals surface area contributed by atoms with Crippen LogP contribution in [0.25, 0.3) is 0 Å². The third-order valence-electron chi connectivity index (χ3n) is 4.72. The minimum absolute atomic E-state index is 0.0274. The molecule has 2 aliphatic rings. The Bertz CT molecular complexity index is 604. The van der Waals surface area contributed by atoms with Gasteiger partial charge in [0.1, 0.15) is 17.4 Å². The molecule has 0 bridgehead atoms. The summed E-state index contributed by atoms with van der Waals surface area (Å²) in [6.07, 6.45) is 4.98. The summed E-state index contributed by atoms with van der Waals surface area (Å²) in [6.45, 7) is 2.37. The van der Waals surface area contributed by atoms with Gasteiger partial charge in [0.15, 0.2) is 0 Å². The zero-order valence-corrected chi connectivity index (χ0v) is 12.6. The standard InChI is InChI=1S/C17H20FN3O/c18-15-6-3-7-16(14(15)10-19)20-8-9-21(17(22)12-20)11-13-4-1-2-5-13/h3,6-7,13H,1-2,4-5,8-9,11-12H2. The van der Waals surface area contributed by atoms with Gasteiger partial charge in [0, 0.05) is 19.6 Å². The van der Waals surface area contributed by atoms with Crippen LogP contribution >= 0.6 is 0 Å². The summed E-state index contributed by atoms with van der Waals surface area (Å²) in [5.41, 5.74) is 0.552. The van der Waals surface area contributed by atoms with Crippen LogP contribution in [0.2, 0.25) is 0 Å². The molecule has 0 radical (unpaired) electrons. The largest absolute Gasteiger partial charge is 0.359 e. The van der Waals surface area contributed by atoms with Crippen LogP contribution in [0.1, 0.15) is 31.2 Å². The Morgan fingerprint density at radius 3 is 2.73 bits per heavy atom. The van der Waals surface area contributed by atoms with Crippen molar-refractivity contribution < 1.29 is 9.18 Å². The molecule has 0 atom stereocenters. The monoisotopic (exact) mass is 301 g/mol. The Kier molecular flexibility index (Phi) is 4.28. The highest BCUT2D eigenvalue weighted by Gasteiger charge is 2.28. The molecular weight excluding hydrogens is 281 g/mol. The van der Waals surface area contributed by atoms with E-state index in [0.717, 1.165) is 6.54 Å². The molecule has 1 aromatic rings. The smallest absolute Gasteiger partial charge is 0.242 e. The van der Waals surface area contributed by atoms with E-state index in [-0.39, 0.29) is 18.0 Å². The second kappa shape index (κ2) is 6.35. The number of rotatable bonds is 3. The van der Waals surface area contributed by atoms with Gasteiger partial charge in [-0.3, -0.25) is 4.79 Å². The summed E-state index contributed by atoms with van der Waals surface area (Å²) in [5.74, 6) is 0.187. The Morgan fingerprint density at radius 2 is 2.05 bits per heavy atom. The van der Waals surface area contributed by atoms with Crippen molar-refractivity contribution in [3.05, 3.63) is 29.6 Å². The first-order valence-corrected chi connectivity index (χ1v) is 7.90. The summed E-state index contributed by atoms with van der Waals surface area (Å²) in [4.78, 5) is 16.1. The van der Waals surface area contributed by atoms with Crippen molar-refractivity contribution in [2.75, 3.05) is 31.1 Å². The van der Waals surface area contributed by atoms with E-state index in [1.165, 1.54) is 31.7 Å². The maximum absolute atomic E-state index is 13.7. The molecule has 0 N–H and O–H groups in total. The lowest BCUT2D eigenvalue weighted by Gasteiger charge is -2.37. The second-order valence-electron chi connectivity index (χ2n) is 6.16. The van der Waals surface area contributed by atoms with Crippen LogP contribution in [0.5, 0.6) is 0 Å². The second-order valence-corrected chi connectivity index (χ2v) is 6.16. The summed E-state index contributed by atoms with van der Waals surface area (Å²) >= 11 is 0. The number of nitrogens with zero attached hydrogens (tertiary/aromatic N) is 3. The highest BCUT2D eigenvalue weighted by molar-refractivity contribution is 5.83. The van der Waals surface area contributed by atoms with Crippen molar-refractivity contribution in [1.29, 1.82) is 5.26 Å². The highest BCUT2D eigenvalue weighted by Crippen LogP contribution is 2.27. The van der Waals surface area contributed by atoms with Crippen LogP contribution < -0.4 is 4.90 Å². The lowest BCUT2D eigenvalue weighted by molar-refractivity contribution is -0.131. The highest BCUT2D eigenvalue weighted by atomic mass is 19.1. The Hall–Kier alpha value is -2.09. The van der Waals surface area contributed by atoms with Gasteiger partial charge >= 0.3 is 0 Å². The molecule has 5 heteroatoms. The first kappa shape index (κ1) is 14.8. The topological polar surface area (TPSA) is 47.3 Å². The number of carbonyl (C=O) groups is 1. The Balaban J connectivity index is 1.69. The lowest BCUT2D eigenvalue weighted by Crippen LogP contribution is -2.51. The molecule has 1 aliphatic carbocycles. The number of halogens is 1. The van der Waals surface area contributed by atoms with E-state index in [9.17, 15) is 9.18 Å². The average Bonchev–Trinajstić information content (AvgIpc) is 3.02. The molecule has 0 spiro atoms. The van der Waals surface area contributed by atoms with Gasteiger partial charge < -0.3 is 9.80 Å². The molecule has 1 aliphatic heterocycles. The summed E-state index contributed by atoms with van der Waals surface area (Å²) < 4.78 is 13.7. The number of anilines is 1. The number of hydrogen-bond donors (Lipinski definition) is 0. The molecule has 22 heavy (non-hydrogen) atoms. The third kappa shape index (κ3) is 2.92. The van der Waals surface area contributed by atoms with Crippen molar-refractivity contribution >= 4 is 11.6 Å². The average molecular weight is 301 g/mol. The van der Waals surface area contributed by atoms with E-state index in [4.69, 9.17) is 5.26 Å². The summed E-state index contributed by atoms with van der Waals surface area (Å²) in [6, 6.07) is 6.48. The van der Waals surface area contributed by atoms with E-state index in [1.54, 1.807) is 12.1 Å². The van der Waals surface area contributed by atoms with Crippen LogP contribution in [-0.4, -0.2) is 37.0 Å². The molecule has 1 amide bonds. The van der Waals surface area contributed by atoms with Crippen LogP contribution in [0.4, 0.5) is 10.1 Å². The number of hydrogen-bond acceptors (Lipinski definition) is 3. The van der Waals surface area contributed by atoms with Crippen molar-refractivity contribution in [1.82, 2.24) is 4.90 Å². The predicted octanol–water partition coefficient (Wildman–Crippen LogP) is 2.54. The van der Waals surface area contributed by atoms with Gasteiger partial charge in [-0.25, -0.2) is 4.39 Å². The number of piperazine rings is 1. The van der Waals surface area contributed by atoms with E-state index >= 15 is 0 Å². The zero-order valence-electron chi connectivity index (χ0n) is 12.6. The van der Waals surface area contributed by atoms with Crippen LogP contribution in [0.3, 0.4) is 0 Å². The van der Waals surface area contributed by atoms with Gasteiger partial charge in [-0.05, 0) is 30.9 Å². The molecule has 116 valence electrons. The SMILES string of the molecule is N#Cc1c(F)cccc1N1CCN(CC2CCCC2)C(=O)C1. The minimum Gasteiger partial charge on any atom is -0.359 e. The molecule has 3 rings (SSSR count). The molecule has 0 unspecified atom stereocenters. The third-order valence-corrected chi connectivity index (χ3v) is 4.72. The molecule has 1 saturated heterocycles. The number of amides is 1. The molecule has 1 saturated carbocycles. The normalized spacial score (nSPS) is 19.5. The Morgan fingerprint density at radius 1 is 1.27 bits per heavy atom. The van der Waals surface area contributed by atoms with Gasteiger partial charge in [-0.2, -0.15) is 5.26 Å². The fraction of sp³-hybridized carbons (Fsp3) is 0.529. The van der Waals surface area contributed by atoms with Crippen LogP contribution in [0.15, 0.2) is 18.2 Å². The first-order chi connectivity index (χ1) is 10.7. The lowest BCUT2D eigenvalue weighted by atomic mass is 10.1. The van der Waals surface area contributed by atoms with E-state index in [0.29, 0.717) is 24.7 Å². The van der Waals surface area contributed by atoms with E-state index < -0.39 is 5.82 Å². The summed E-state index contributed by atoms with van der Waals surface area (Å²) in [7, 11) is 0. The maximum atomic E-state index is 13.7. The zero-order chi connectivity index (χ0) is 15.5. The van der Waals surface area contributed by atoms with Gasteiger partial charge in [0.05, 0.1) is 12.2 Å². The minimum atomic E-state index is -0.527. The predicted molar refractivity (Wildman–Crippen MR) is 81.9 cm³/mol. The molecule has 1 heterocycles. The van der Waals surface area contributed by atoms with Crippen molar-refractivity contribution in [2.24, 2.45) is 5.92 Å². The maximum Gasteiger partial charge on any atom is 0.242 e. The van der Waals surface area contributed by atoms with Crippen LogP contribution in [0, 0.1) is 23.1 Å². The van der Waals surface area contributed by atoms with E-state index in [2.05, 4.69) is 0 Å². The summed E-state index contributed by atoms with van der Waals surface area (Å²) in [5, 5.41) is 9.13.